The van der Waals surface area contributed by atoms with Crippen LogP contribution in [0, 0.1) is 5.92 Å². The summed E-state index contributed by atoms with van der Waals surface area (Å²) < 4.78 is 1.67. The minimum Gasteiger partial charge on any atom is -0.342 e. The van der Waals surface area contributed by atoms with E-state index in [9.17, 15) is 9.59 Å². The summed E-state index contributed by atoms with van der Waals surface area (Å²) in [6.07, 6.45) is 11.9. The first-order valence-corrected chi connectivity index (χ1v) is 12.3. The number of likely N-dealkylation sites (N-methyl/N-ethyl adjacent to an activating group) is 1. The van der Waals surface area contributed by atoms with E-state index in [-0.39, 0.29) is 17.9 Å². The van der Waals surface area contributed by atoms with Crippen molar-refractivity contribution in [1.29, 1.82) is 0 Å². The van der Waals surface area contributed by atoms with Crippen LogP contribution in [0.1, 0.15) is 61.0 Å². The fourth-order valence-electron chi connectivity index (χ4n) is 5.24. The predicted octanol–water partition coefficient (Wildman–Crippen LogP) is 4.23. The summed E-state index contributed by atoms with van der Waals surface area (Å²) >= 11 is 0. The van der Waals surface area contributed by atoms with Crippen molar-refractivity contribution in [3.8, 4) is 0 Å². The summed E-state index contributed by atoms with van der Waals surface area (Å²) in [5.41, 5.74) is 3.02. The first kappa shape index (κ1) is 23.3. The molecule has 176 valence electrons. The Kier molecular flexibility index (Phi) is 7.63. The topological polar surface area (TPSA) is 58.4 Å². The standard InChI is InChI=1S/C27H36N4O2/c1-29-16-15-24(28-29)27(33)30(2)25(19-21-9-5-3-6-10-21)23-13-17-31(18-14-23)26(32)20-22-11-7-4-8-12-22/h3,5-6,9-11,15-16,23,25H,4,7-8,12-14,17-20H2,1-2H3/t25-/m0/s1. The van der Waals surface area contributed by atoms with Crippen molar-refractivity contribution in [3.05, 3.63) is 65.5 Å². The Morgan fingerprint density at radius 1 is 1.12 bits per heavy atom. The summed E-state index contributed by atoms with van der Waals surface area (Å²) in [5, 5.41) is 4.32. The zero-order valence-corrected chi connectivity index (χ0v) is 19.9. The van der Waals surface area contributed by atoms with E-state index in [0.29, 0.717) is 18.0 Å². The Labute approximate surface area is 197 Å². The fraction of sp³-hybridized carbons (Fsp3) is 0.519. The Morgan fingerprint density at radius 2 is 1.88 bits per heavy atom. The zero-order chi connectivity index (χ0) is 23.2. The van der Waals surface area contributed by atoms with E-state index in [1.807, 2.05) is 42.1 Å². The Morgan fingerprint density at radius 3 is 2.52 bits per heavy atom. The number of hydrogen-bond donors (Lipinski definition) is 0. The average molecular weight is 449 g/mol. The number of likely N-dealkylation sites (tertiary alicyclic amines) is 1. The van der Waals surface area contributed by atoms with Gasteiger partial charge in [-0.1, -0.05) is 42.0 Å². The summed E-state index contributed by atoms with van der Waals surface area (Å²) in [7, 11) is 3.73. The monoisotopic (exact) mass is 448 g/mol. The number of allylic oxidation sites excluding steroid dienone is 1. The lowest BCUT2D eigenvalue weighted by molar-refractivity contribution is -0.132. The third kappa shape index (κ3) is 5.92. The van der Waals surface area contributed by atoms with Crippen LogP contribution in [0.15, 0.2) is 54.2 Å². The van der Waals surface area contributed by atoms with E-state index in [1.54, 1.807) is 16.9 Å². The number of piperidine rings is 1. The maximum atomic E-state index is 13.2. The minimum absolute atomic E-state index is 0.0423. The van der Waals surface area contributed by atoms with E-state index >= 15 is 0 Å². The lowest BCUT2D eigenvalue weighted by atomic mass is 9.84. The van der Waals surface area contributed by atoms with Crippen molar-refractivity contribution in [1.82, 2.24) is 19.6 Å². The molecule has 1 aliphatic heterocycles. The SMILES string of the molecule is CN(C(=O)c1ccn(C)n1)[C@@H](Cc1ccccc1)C1CCN(C(=O)CC2=CCCCC2)CC1. The molecule has 2 aromatic rings. The van der Waals surface area contributed by atoms with Gasteiger partial charge in [0, 0.05) is 45.8 Å². The Hall–Kier alpha value is -2.89. The highest BCUT2D eigenvalue weighted by Gasteiger charge is 2.33. The van der Waals surface area contributed by atoms with Gasteiger partial charge < -0.3 is 9.80 Å². The van der Waals surface area contributed by atoms with Crippen molar-refractivity contribution in [2.24, 2.45) is 13.0 Å². The van der Waals surface area contributed by atoms with Gasteiger partial charge in [-0.3, -0.25) is 14.3 Å². The van der Waals surface area contributed by atoms with Gasteiger partial charge in [0.25, 0.3) is 5.91 Å². The molecule has 2 amide bonds. The van der Waals surface area contributed by atoms with E-state index in [2.05, 4.69) is 23.3 Å². The molecular weight excluding hydrogens is 412 g/mol. The van der Waals surface area contributed by atoms with Crippen LogP contribution in [-0.2, 0) is 18.3 Å². The van der Waals surface area contributed by atoms with Crippen LogP contribution in [-0.4, -0.2) is 57.6 Å². The highest BCUT2D eigenvalue weighted by atomic mass is 16.2. The van der Waals surface area contributed by atoms with Crippen LogP contribution in [0.5, 0.6) is 0 Å². The van der Waals surface area contributed by atoms with E-state index in [0.717, 1.165) is 45.2 Å². The molecule has 33 heavy (non-hydrogen) atoms. The molecule has 0 unspecified atom stereocenters. The fourth-order valence-corrected chi connectivity index (χ4v) is 5.24. The second kappa shape index (κ2) is 10.8. The van der Waals surface area contributed by atoms with Crippen LogP contribution in [0.25, 0.3) is 0 Å². The van der Waals surface area contributed by atoms with Crippen molar-refractivity contribution in [2.75, 3.05) is 20.1 Å². The second-order valence-corrected chi connectivity index (χ2v) is 9.55. The van der Waals surface area contributed by atoms with Crippen LogP contribution >= 0.6 is 0 Å². The lowest BCUT2D eigenvalue weighted by Gasteiger charge is -2.40. The van der Waals surface area contributed by atoms with Gasteiger partial charge in [-0.15, -0.1) is 0 Å². The molecular formula is C27H36N4O2. The second-order valence-electron chi connectivity index (χ2n) is 9.55. The van der Waals surface area contributed by atoms with Crippen LogP contribution < -0.4 is 0 Å². The predicted molar refractivity (Wildman–Crippen MR) is 130 cm³/mol. The maximum absolute atomic E-state index is 13.2. The van der Waals surface area contributed by atoms with Crippen molar-refractivity contribution in [2.45, 2.75) is 57.4 Å². The first-order valence-electron chi connectivity index (χ1n) is 12.3. The molecule has 1 atom stereocenters. The Balaban J connectivity index is 1.43. The number of aromatic nitrogens is 2. The van der Waals surface area contributed by atoms with Crippen molar-refractivity contribution >= 4 is 11.8 Å². The molecule has 1 fully saturated rings. The number of nitrogens with zero attached hydrogens (tertiary/aromatic N) is 4. The number of carbonyl (C=O) groups excluding carboxylic acids is 2. The number of rotatable bonds is 7. The van der Waals surface area contributed by atoms with Gasteiger partial charge in [0.1, 0.15) is 5.69 Å². The van der Waals surface area contributed by atoms with E-state index in [4.69, 9.17) is 0 Å². The normalized spacial score (nSPS) is 18.0. The molecule has 0 spiro atoms. The highest BCUT2D eigenvalue weighted by molar-refractivity contribution is 5.92. The number of hydrogen-bond acceptors (Lipinski definition) is 3. The quantitative estimate of drug-likeness (QED) is 0.596. The van der Waals surface area contributed by atoms with Gasteiger partial charge >= 0.3 is 0 Å². The van der Waals surface area contributed by atoms with Gasteiger partial charge in [-0.25, -0.2) is 0 Å². The number of carbonyl (C=O) groups is 2. The number of aryl methyl sites for hydroxylation is 1. The molecule has 0 saturated carbocycles. The van der Waals surface area contributed by atoms with Gasteiger partial charge in [-0.2, -0.15) is 5.10 Å². The van der Waals surface area contributed by atoms with Gasteiger partial charge in [0.2, 0.25) is 5.91 Å². The first-order chi connectivity index (χ1) is 16.0. The lowest BCUT2D eigenvalue weighted by Crippen LogP contribution is -2.48. The largest absolute Gasteiger partial charge is 0.342 e. The third-order valence-electron chi connectivity index (χ3n) is 7.24. The van der Waals surface area contributed by atoms with Crippen molar-refractivity contribution < 1.29 is 9.59 Å². The minimum atomic E-state index is -0.0423. The van der Waals surface area contributed by atoms with Gasteiger partial charge in [0.05, 0.1) is 0 Å². The van der Waals surface area contributed by atoms with Crippen molar-refractivity contribution in [3.63, 3.8) is 0 Å². The molecule has 2 heterocycles. The Bertz CT molecular complexity index is 973. The molecule has 2 aliphatic rings. The third-order valence-corrected chi connectivity index (χ3v) is 7.24. The molecule has 1 aromatic heterocycles. The summed E-state index contributed by atoms with van der Waals surface area (Å²) in [6, 6.07) is 12.2. The summed E-state index contributed by atoms with van der Waals surface area (Å²) in [6.45, 7) is 1.54. The summed E-state index contributed by atoms with van der Waals surface area (Å²) in [4.78, 5) is 30.0. The number of amides is 2. The smallest absolute Gasteiger partial charge is 0.274 e. The summed E-state index contributed by atoms with van der Waals surface area (Å²) in [5.74, 6) is 0.569. The van der Waals surface area contributed by atoms with Gasteiger partial charge in [0.15, 0.2) is 0 Å². The molecule has 0 radical (unpaired) electrons. The molecule has 4 rings (SSSR count). The molecule has 1 aliphatic carbocycles. The molecule has 0 N–H and O–H groups in total. The van der Waals surface area contributed by atoms with Crippen LogP contribution in [0.3, 0.4) is 0 Å². The molecule has 1 aromatic carbocycles. The average Bonchev–Trinajstić information content (AvgIpc) is 3.29. The van der Waals surface area contributed by atoms with Crippen LogP contribution in [0.2, 0.25) is 0 Å². The molecule has 6 heteroatoms. The zero-order valence-electron chi connectivity index (χ0n) is 19.9. The van der Waals surface area contributed by atoms with Gasteiger partial charge in [-0.05, 0) is 62.5 Å². The van der Waals surface area contributed by atoms with Crippen LogP contribution in [0.4, 0.5) is 0 Å². The molecule has 1 saturated heterocycles. The maximum Gasteiger partial charge on any atom is 0.274 e. The van der Waals surface area contributed by atoms with E-state index in [1.165, 1.54) is 24.0 Å². The number of benzene rings is 1. The molecule has 0 bridgehead atoms. The van der Waals surface area contributed by atoms with E-state index < -0.39 is 0 Å². The molecule has 6 nitrogen and oxygen atoms in total. The highest BCUT2D eigenvalue weighted by Crippen LogP contribution is 2.28.